The molecule has 10 heteroatoms. The van der Waals surface area contributed by atoms with Crippen LogP contribution in [0.3, 0.4) is 0 Å². The van der Waals surface area contributed by atoms with E-state index >= 15 is 0 Å². The van der Waals surface area contributed by atoms with E-state index in [1.165, 1.54) is 0 Å². The summed E-state index contributed by atoms with van der Waals surface area (Å²) in [5, 5.41) is 14.0. The van der Waals surface area contributed by atoms with Crippen LogP contribution in [0.15, 0.2) is 42.0 Å². The van der Waals surface area contributed by atoms with E-state index < -0.39 is 24.3 Å². The minimum atomic E-state index is -0.701. The van der Waals surface area contributed by atoms with Crippen molar-refractivity contribution in [3.63, 3.8) is 0 Å². The lowest BCUT2D eigenvalue weighted by Crippen LogP contribution is -2.43. The van der Waals surface area contributed by atoms with Crippen molar-refractivity contribution in [2.45, 2.75) is 62.6 Å². The van der Waals surface area contributed by atoms with Gasteiger partial charge in [0, 0.05) is 31.5 Å². The summed E-state index contributed by atoms with van der Waals surface area (Å²) in [5.74, 6) is -0.677. The highest BCUT2D eigenvalue weighted by Gasteiger charge is 2.44. The number of carbonyl (C=O) groups excluding carboxylic acids is 3. The zero-order valence-electron chi connectivity index (χ0n) is 21.2. The standard InChI is InChI=1S/C28H34N2O8/c31-12-11-29-25(32)9-10-30-27(33)19-14-23-26(36-16-35-23)24(15-19)38-28(34)20-4-2-1-3-18(20)7-5-17-6-8-21-22(13-17)37-21/h1-5,7,14,17,21-24,26,31H,6,8-13,15-16H2,(H,29,32)(H,30,33)/t17?,21?,22?,23-,24-,26-/m1/s1. The lowest BCUT2D eigenvalue weighted by atomic mass is 9.88. The Kier molecular flexibility index (Phi) is 8.53. The Morgan fingerprint density at radius 1 is 1.08 bits per heavy atom. The van der Waals surface area contributed by atoms with Crippen LogP contribution >= 0.6 is 0 Å². The number of nitrogens with one attached hydrogen (secondary N) is 2. The van der Waals surface area contributed by atoms with E-state index in [2.05, 4.69) is 16.7 Å². The van der Waals surface area contributed by atoms with Crippen molar-refractivity contribution in [3.05, 3.63) is 53.1 Å². The van der Waals surface area contributed by atoms with Crippen molar-refractivity contribution < 1.29 is 38.4 Å². The number of aliphatic hydroxyl groups excluding tert-OH is 1. The van der Waals surface area contributed by atoms with E-state index in [-0.39, 0.29) is 51.1 Å². The van der Waals surface area contributed by atoms with Crippen LogP contribution in [0.4, 0.5) is 0 Å². The molecule has 10 nitrogen and oxygen atoms in total. The number of epoxide rings is 1. The van der Waals surface area contributed by atoms with E-state index in [1.54, 1.807) is 18.2 Å². The van der Waals surface area contributed by atoms with E-state index in [9.17, 15) is 14.4 Å². The van der Waals surface area contributed by atoms with Crippen LogP contribution in [-0.2, 0) is 28.5 Å². The number of amides is 2. The normalized spacial score (nSPS) is 29.7. The zero-order chi connectivity index (χ0) is 26.5. The third-order valence-electron chi connectivity index (χ3n) is 7.39. The van der Waals surface area contributed by atoms with Gasteiger partial charge in [-0.1, -0.05) is 30.4 Å². The molecular weight excluding hydrogens is 492 g/mol. The van der Waals surface area contributed by atoms with Crippen molar-refractivity contribution in [1.82, 2.24) is 10.6 Å². The van der Waals surface area contributed by atoms with Gasteiger partial charge in [-0.05, 0) is 42.9 Å². The summed E-state index contributed by atoms with van der Waals surface area (Å²) in [7, 11) is 0. The summed E-state index contributed by atoms with van der Waals surface area (Å²) in [6, 6.07) is 7.31. The maximum atomic E-state index is 13.3. The number of rotatable bonds is 10. The fraction of sp³-hybridized carbons (Fsp3) is 0.536. The van der Waals surface area contributed by atoms with Gasteiger partial charge in [-0.15, -0.1) is 0 Å². The second kappa shape index (κ2) is 12.2. The van der Waals surface area contributed by atoms with Crippen LogP contribution in [0.25, 0.3) is 6.08 Å². The van der Waals surface area contributed by atoms with Crippen LogP contribution in [0.2, 0.25) is 0 Å². The molecule has 5 rings (SSSR count). The molecular formula is C28H34N2O8. The van der Waals surface area contributed by atoms with Gasteiger partial charge in [0.1, 0.15) is 25.1 Å². The van der Waals surface area contributed by atoms with E-state index in [4.69, 9.17) is 24.1 Å². The van der Waals surface area contributed by atoms with Gasteiger partial charge in [-0.2, -0.15) is 0 Å². The van der Waals surface area contributed by atoms with Gasteiger partial charge in [0.15, 0.2) is 0 Å². The quantitative estimate of drug-likeness (QED) is 0.308. The van der Waals surface area contributed by atoms with Crippen molar-refractivity contribution in [1.29, 1.82) is 0 Å². The third kappa shape index (κ3) is 6.50. The largest absolute Gasteiger partial charge is 0.456 e. The van der Waals surface area contributed by atoms with Gasteiger partial charge in [0.25, 0.3) is 0 Å². The molecule has 2 aliphatic carbocycles. The Balaban J connectivity index is 1.20. The number of allylic oxidation sites excluding steroid dienone is 1. The molecule has 3 fully saturated rings. The van der Waals surface area contributed by atoms with E-state index in [0.29, 0.717) is 29.3 Å². The molecule has 2 heterocycles. The fourth-order valence-corrected chi connectivity index (χ4v) is 5.29. The Morgan fingerprint density at radius 2 is 1.95 bits per heavy atom. The summed E-state index contributed by atoms with van der Waals surface area (Å²) < 4.78 is 22.8. The highest BCUT2D eigenvalue weighted by atomic mass is 16.7. The zero-order valence-corrected chi connectivity index (χ0v) is 21.2. The first-order valence-electron chi connectivity index (χ1n) is 13.2. The van der Waals surface area contributed by atoms with Crippen molar-refractivity contribution in [2.75, 3.05) is 26.5 Å². The molecule has 3 N–H and O–H groups in total. The summed E-state index contributed by atoms with van der Waals surface area (Å²) in [5.41, 5.74) is 1.64. The van der Waals surface area contributed by atoms with Gasteiger partial charge in [-0.25, -0.2) is 4.79 Å². The van der Waals surface area contributed by atoms with Gasteiger partial charge >= 0.3 is 5.97 Å². The summed E-state index contributed by atoms with van der Waals surface area (Å²) in [4.78, 5) is 37.8. The maximum Gasteiger partial charge on any atom is 0.339 e. The average Bonchev–Trinajstić information content (AvgIpc) is 3.55. The third-order valence-corrected chi connectivity index (χ3v) is 7.39. The molecule has 0 radical (unpaired) electrons. The topological polar surface area (TPSA) is 136 Å². The second-order valence-corrected chi connectivity index (χ2v) is 10.0. The fourth-order valence-electron chi connectivity index (χ4n) is 5.29. The predicted molar refractivity (Wildman–Crippen MR) is 136 cm³/mol. The number of benzene rings is 1. The molecule has 0 spiro atoms. The highest BCUT2D eigenvalue weighted by Crippen LogP contribution is 2.40. The summed E-state index contributed by atoms with van der Waals surface area (Å²) in [6.07, 6.45) is 8.38. The SMILES string of the molecule is O=C(CCNC(=O)C1=C[C@H]2OCO[C@H]2[C@H](OC(=O)c2ccccc2C=CC2CCC3OC3C2)C1)NCCO. The van der Waals surface area contributed by atoms with Crippen LogP contribution in [-0.4, -0.2) is 79.9 Å². The second-order valence-electron chi connectivity index (χ2n) is 10.0. The molecule has 6 atom stereocenters. The van der Waals surface area contributed by atoms with Crippen LogP contribution in [0.5, 0.6) is 0 Å². The Bertz CT molecular complexity index is 1100. The highest BCUT2D eigenvalue weighted by molar-refractivity contribution is 5.95. The number of aliphatic hydroxyl groups is 1. The number of hydrogen-bond donors (Lipinski definition) is 3. The minimum absolute atomic E-state index is 0.0477. The molecule has 0 aromatic heterocycles. The first-order valence-corrected chi connectivity index (χ1v) is 13.2. The van der Waals surface area contributed by atoms with Gasteiger partial charge in [0.2, 0.25) is 11.8 Å². The molecule has 1 saturated carbocycles. The van der Waals surface area contributed by atoms with Crippen LogP contribution < -0.4 is 10.6 Å². The Morgan fingerprint density at radius 3 is 2.79 bits per heavy atom. The number of ether oxygens (including phenoxy) is 4. The first-order chi connectivity index (χ1) is 18.5. The van der Waals surface area contributed by atoms with Crippen LogP contribution in [0.1, 0.15) is 48.0 Å². The monoisotopic (exact) mass is 526 g/mol. The molecule has 2 aliphatic heterocycles. The van der Waals surface area contributed by atoms with Gasteiger partial charge < -0.3 is 34.7 Å². The molecule has 2 amide bonds. The Labute approximate surface area is 221 Å². The number of hydrogen-bond acceptors (Lipinski definition) is 8. The predicted octanol–water partition coefficient (Wildman–Crippen LogP) is 1.48. The van der Waals surface area contributed by atoms with Crippen molar-refractivity contribution >= 4 is 23.9 Å². The van der Waals surface area contributed by atoms with Crippen molar-refractivity contribution in [2.24, 2.45) is 5.92 Å². The maximum absolute atomic E-state index is 13.3. The Hall–Kier alpha value is -3.05. The summed E-state index contributed by atoms with van der Waals surface area (Å²) in [6.45, 7) is 0.206. The van der Waals surface area contributed by atoms with Crippen molar-refractivity contribution in [3.8, 4) is 0 Å². The van der Waals surface area contributed by atoms with E-state index in [1.807, 2.05) is 18.2 Å². The molecule has 3 unspecified atom stereocenters. The molecule has 0 bridgehead atoms. The summed E-state index contributed by atoms with van der Waals surface area (Å²) >= 11 is 0. The lowest BCUT2D eigenvalue weighted by molar-refractivity contribution is -0.121. The molecule has 38 heavy (non-hydrogen) atoms. The minimum Gasteiger partial charge on any atom is -0.456 e. The van der Waals surface area contributed by atoms with E-state index in [0.717, 1.165) is 24.8 Å². The lowest BCUT2D eigenvalue weighted by Gasteiger charge is -2.30. The average molecular weight is 527 g/mol. The molecule has 1 aromatic carbocycles. The molecule has 4 aliphatic rings. The number of fused-ring (bicyclic) bond motifs is 2. The smallest absolute Gasteiger partial charge is 0.339 e. The number of esters is 1. The molecule has 1 aromatic rings. The molecule has 204 valence electrons. The number of carbonyl (C=O) groups is 3. The van der Waals surface area contributed by atoms with Crippen LogP contribution in [0, 0.1) is 5.92 Å². The molecule has 2 saturated heterocycles. The first kappa shape index (κ1) is 26.6. The van der Waals surface area contributed by atoms with Gasteiger partial charge in [0.05, 0.1) is 24.4 Å². The van der Waals surface area contributed by atoms with Gasteiger partial charge in [-0.3, -0.25) is 9.59 Å².